The lowest BCUT2D eigenvalue weighted by Gasteiger charge is -2.24. The number of hydrogen-bond acceptors (Lipinski definition) is 6. The lowest BCUT2D eigenvalue weighted by atomic mass is 10.1. The highest BCUT2D eigenvalue weighted by Crippen LogP contribution is 2.26. The fourth-order valence-electron chi connectivity index (χ4n) is 2.40. The predicted molar refractivity (Wildman–Crippen MR) is 89.2 cm³/mol. The fourth-order valence-corrected chi connectivity index (χ4v) is 3.45. The van der Waals surface area contributed by atoms with Crippen molar-refractivity contribution < 1.29 is 9.72 Å². The molecular weight excluding hydrogens is 332 g/mol. The van der Waals surface area contributed by atoms with Crippen LogP contribution < -0.4 is 10.9 Å². The summed E-state index contributed by atoms with van der Waals surface area (Å²) in [7, 11) is 0. The Balaban J connectivity index is 1.77. The van der Waals surface area contributed by atoms with E-state index in [1.165, 1.54) is 40.7 Å². The average molecular weight is 346 g/mol. The van der Waals surface area contributed by atoms with Crippen LogP contribution in [0.15, 0.2) is 40.4 Å². The zero-order valence-electron chi connectivity index (χ0n) is 12.8. The number of benzene rings is 1. The van der Waals surface area contributed by atoms with Crippen LogP contribution in [-0.4, -0.2) is 26.1 Å². The van der Waals surface area contributed by atoms with E-state index >= 15 is 0 Å². The first-order chi connectivity index (χ1) is 11.5. The van der Waals surface area contributed by atoms with Gasteiger partial charge in [0.2, 0.25) is 5.91 Å². The van der Waals surface area contributed by atoms with Crippen LogP contribution in [0.4, 0.5) is 11.4 Å². The maximum atomic E-state index is 12.4. The monoisotopic (exact) mass is 346 g/mol. The molecule has 0 radical (unpaired) electrons. The van der Waals surface area contributed by atoms with Gasteiger partial charge in [-0.15, -0.1) is 0 Å². The molecule has 124 valence electrons. The molecule has 24 heavy (non-hydrogen) atoms. The van der Waals surface area contributed by atoms with Gasteiger partial charge in [-0.2, -0.15) is 0 Å². The summed E-state index contributed by atoms with van der Waals surface area (Å²) in [5.74, 6) is -0.193. The van der Waals surface area contributed by atoms with Crippen LogP contribution in [0.1, 0.15) is 5.56 Å². The maximum Gasteiger partial charge on any atom is 0.271 e. The van der Waals surface area contributed by atoms with E-state index in [4.69, 9.17) is 0 Å². The normalized spacial score (nSPS) is 16.3. The number of anilines is 1. The second kappa shape index (κ2) is 6.44. The van der Waals surface area contributed by atoms with Crippen molar-refractivity contribution in [2.45, 2.75) is 18.6 Å². The molecule has 1 aromatic heterocycles. The molecule has 9 heteroatoms. The number of nitro groups is 1. The molecule has 3 rings (SSSR count). The number of nitrogens with one attached hydrogen (secondary N) is 1. The number of thioether (sulfide) groups is 1. The van der Waals surface area contributed by atoms with Crippen molar-refractivity contribution in [3.8, 4) is 0 Å². The minimum Gasteiger partial charge on any atom is -0.326 e. The van der Waals surface area contributed by atoms with E-state index in [1.54, 1.807) is 13.0 Å². The Bertz CT molecular complexity index is 880. The molecule has 1 unspecified atom stereocenters. The molecule has 0 spiro atoms. The van der Waals surface area contributed by atoms with Crippen molar-refractivity contribution in [3.63, 3.8) is 0 Å². The van der Waals surface area contributed by atoms with Crippen LogP contribution in [0.5, 0.6) is 0 Å². The first-order valence-electron chi connectivity index (χ1n) is 7.20. The molecule has 1 N–H and O–H groups in total. The van der Waals surface area contributed by atoms with E-state index < -0.39 is 10.8 Å². The molecule has 1 aliphatic heterocycles. The highest BCUT2D eigenvalue weighted by atomic mass is 32.2. The molecular formula is C15H14N4O4S. The average Bonchev–Trinajstić information content (AvgIpc) is 2.58. The van der Waals surface area contributed by atoms with Crippen LogP contribution in [0.25, 0.3) is 0 Å². The summed E-state index contributed by atoms with van der Waals surface area (Å²) < 4.78 is 1.50. The Kier molecular flexibility index (Phi) is 4.34. The molecule has 0 saturated carbocycles. The van der Waals surface area contributed by atoms with Gasteiger partial charge in [-0.1, -0.05) is 17.8 Å². The van der Waals surface area contributed by atoms with Crippen LogP contribution in [0.2, 0.25) is 0 Å². The van der Waals surface area contributed by atoms with Gasteiger partial charge in [-0.05, 0) is 13.0 Å². The molecule has 0 aliphatic carbocycles. The van der Waals surface area contributed by atoms with E-state index in [1.807, 2.05) is 0 Å². The third-order valence-corrected chi connectivity index (χ3v) is 4.85. The van der Waals surface area contributed by atoms with E-state index in [0.717, 1.165) is 0 Å². The highest BCUT2D eigenvalue weighted by molar-refractivity contribution is 7.99. The molecule has 2 aromatic rings. The SMILES string of the molecule is Cc1cnc2n(c1=O)CC(C(=O)Nc1cccc([N+](=O)[O-])c1)CS2. The Labute approximate surface area is 141 Å². The van der Waals surface area contributed by atoms with Gasteiger partial charge in [0.15, 0.2) is 5.16 Å². The van der Waals surface area contributed by atoms with Gasteiger partial charge in [0, 0.05) is 41.9 Å². The number of carbonyl (C=O) groups is 1. The fraction of sp³-hybridized carbons (Fsp3) is 0.267. The van der Waals surface area contributed by atoms with Gasteiger partial charge >= 0.3 is 0 Å². The number of aromatic nitrogens is 2. The number of aryl methyl sites for hydroxylation is 1. The Morgan fingerprint density at radius 1 is 1.50 bits per heavy atom. The van der Waals surface area contributed by atoms with Crippen molar-refractivity contribution in [1.29, 1.82) is 0 Å². The summed E-state index contributed by atoms with van der Waals surface area (Å²) in [5, 5.41) is 14.1. The largest absolute Gasteiger partial charge is 0.326 e. The maximum absolute atomic E-state index is 12.4. The van der Waals surface area contributed by atoms with Gasteiger partial charge in [-0.25, -0.2) is 4.98 Å². The summed E-state index contributed by atoms with van der Waals surface area (Å²) in [5.41, 5.74) is 0.645. The van der Waals surface area contributed by atoms with Crippen molar-refractivity contribution >= 4 is 29.0 Å². The number of nitro benzene ring substituents is 1. The third kappa shape index (κ3) is 3.16. The summed E-state index contributed by atoms with van der Waals surface area (Å²) in [6, 6.07) is 5.76. The lowest BCUT2D eigenvalue weighted by Crippen LogP contribution is -2.37. The Morgan fingerprint density at radius 3 is 3.04 bits per heavy atom. The van der Waals surface area contributed by atoms with Crippen LogP contribution in [0.3, 0.4) is 0 Å². The summed E-state index contributed by atoms with van der Waals surface area (Å²) >= 11 is 1.35. The van der Waals surface area contributed by atoms with Crippen LogP contribution >= 0.6 is 11.8 Å². The van der Waals surface area contributed by atoms with Gasteiger partial charge < -0.3 is 5.32 Å². The Hall–Kier alpha value is -2.68. The quantitative estimate of drug-likeness (QED) is 0.516. The van der Waals surface area contributed by atoms with Crippen molar-refractivity contribution in [2.24, 2.45) is 5.92 Å². The zero-order chi connectivity index (χ0) is 17.3. The number of non-ortho nitro benzene ring substituents is 1. The number of carbonyl (C=O) groups excluding carboxylic acids is 1. The number of amides is 1. The van der Waals surface area contributed by atoms with E-state index in [2.05, 4.69) is 10.3 Å². The molecule has 1 atom stereocenters. The third-order valence-electron chi connectivity index (χ3n) is 3.69. The van der Waals surface area contributed by atoms with E-state index in [9.17, 15) is 19.7 Å². The summed E-state index contributed by atoms with van der Waals surface area (Å²) in [4.78, 5) is 39.1. The van der Waals surface area contributed by atoms with E-state index in [-0.39, 0.29) is 23.7 Å². The number of nitrogens with zero attached hydrogens (tertiary/aromatic N) is 3. The minimum atomic E-state index is -0.517. The standard InChI is InChI=1S/C15H14N4O4S/c1-9-6-16-15-18(14(9)21)7-10(8-24-15)13(20)17-11-3-2-4-12(5-11)19(22)23/h2-6,10H,7-8H2,1H3,(H,17,20). The molecule has 0 saturated heterocycles. The van der Waals surface area contributed by atoms with Crippen molar-refractivity contribution in [2.75, 3.05) is 11.1 Å². The molecule has 2 heterocycles. The zero-order valence-corrected chi connectivity index (χ0v) is 13.6. The second-order valence-electron chi connectivity index (χ2n) is 5.44. The van der Waals surface area contributed by atoms with Gasteiger partial charge in [0.25, 0.3) is 11.2 Å². The smallest absolute Gasteiger partial charge is 0.271 e. The summed E-state index contributed by atoms with van der Waals surface area (Å²) in [6.45, 7) is 1.93. The number of rotatable bonds is 3. The van der Waals surface area contributed by atoms with Gasteiger partial charge in [0.1, 0.15) is 0 Å². The van der Waals surface area contributed by atoms with Crippen LogP contribution in [-0.2, 0) is 11.3 Å². The molecule has 0 bridgehead atoms. The molecule has 1 aromatic carbocycles. The number of hydrogen-bond donors (Lipinski definition) is 1. The first-order valence-corrected chi connectivity index (χ1v) is 8.19. The minimum absolute atomic E-state index is 0.0905. The van der Waals surface area contributed by atoms with Crippen LogP contribution in [0, 0.1) is 23.0 Å². The highest BCUT2D eigenvalue weighted by Gasteiger charge is 2.27. The van der Waals surface area contributed by atoms with Gasteiger partial charge in [-0.3, -0.25) is 24.3 Å². The molecule has 1 amide bonds. The molecule has 0 fully saturated rings. The Morgan fingerprint density at radius 2 is 2.29 bits per heavy atom. The first kappa shape index (κ1) is 16.2. The van der Waals surface area contributed by atoms with Gasteiger partial charge in [0.05, 0.1) is 10.8 Å². The lowest BCUT2D eigenvalue weighted by molar-refractivity contribution is -0.384. The molecule has 1 aliphatic rings. The summed E-state index contributed by atoms with van der Waals surface area (Å²) in [6.07, 6.45) is 1.53. The van der Waals surface area contributed by atoms with Crippen molar-refractivity contribution in [1.82, 2.24) is 9.55 Å². The molecule has 8 nitrogen and oxygen atoms in total. The second-order valence-corrected chi connectivity index (χ2v) is 6.43. The van der Waals surface area contributed by atoms with Crippen molar-refractivity contribution in [3.05, 3.63) is 56.5 Å². The van der Waals surface area contributed by atoms with E-state index in [0.29, 0.717) is 22.2 Å². The topological polar surface area (TPSA) is 107 Å². The predicted octanol–water partition coefficient (Wildman–Crippen LogP) is 1.82. The number of fused-ring (bicyclic) bond motifs is 1.